The van der Waals surface area contributed by atoms with Gasteiger partial charge in [0.05, 0.1) is 10.5 Å². The molecule has 0 radical (unpaired) electrons. The van der Waals surface area contributed by atoms with E-state index in [4.69, 9.17) is 4.74 Å². The number of carbonyl (C=O) groups is 2. The van der Waals surface area contributed by atoms with E-state index in [2.05, 4.69) is 16.9 Å². The minimum Gasteiger partial charge on any atom is -0.452 e. The van der Waals surface area contributed by atoms with Gasteiger partial charge in [-0.05, 0) is 68.4 Å². The molecule has 2 aromatic rings. The molecule has 1 atom stereocenters. The summed E-state index contributed by atoms with van der Waals surface area (Å²) in [5.74, 6) is -0.316. The Morgan fingerprint density at radius 3 is 2.30 bits per heavy atom. The molecule has 0 spiro atoms. The number of nitrogens with zero attached hydrogens (tertiary/aromatic N) is 1. The van der Waals surface area contributed by atoms with E-state index in [0.29, 0.717) is 25.4 Å². The van der Waals surface area contributed by atoms with Crippen molar-refractivity contribution < 1.29 is 22.7 Å². The van der Waals surface area contributed by atoms with Gasteiger partial charge in [-0.3, -0.25) is 4.79 Å². The molecule has 0 saturated carbocycles. The lowest BCUT2D eigenvalue weighted by Crippen LogP contribution is -2.41. The minimum absolute atomic E-state index is 0.0776. The van der Waals surface area contributed by atoms with Gasteiger partial charge in [0.15, 0.2) is 6.61 Å². The third kappa shape index (κ3) is 7.14. The van der Waals surface area contributed by atoms with Gasteiger partial charge in [-0.2, -0.15) is 0 Å². The zero-order chi connectivity index (χ0) is 23.8. The first-order chi connectivity index (χ1) is 15.8. The van der Waals surface area contributed by atoms with Crippen LogP contribution >= 0.6 is 0 Å². The third-order valence-corrected chi connectivity index (χ3v) is 7.64. The molecule has 33 heavy (non-hydrogen) atoms. The number of ether oxygens (including phenoxy) is 1. The van der Waals surface area contributed by atoms with E-state index in [1.807, 2.05) is 25.1 Å². The predicted octanol–water partition coefficient (Wildman–Crippen LogP) is 3.40. The predicted molar refractivity (Wildman–Crippen MR) is 126 cm³/mol. The Morgan fingerprint density at radius 2 is 1.70 bits per heavy atom. The van der Waals surface area contributed by atoms with Crippen LogP contribution in [0.15, 0.2) is 59.5 Å². The number of hydrogen-bond acceptors (Lipinski definition) is 5. The zero-order valence-electron chi connectivity index (χ0n) is 19.2. The Balaban J connectivity index is 1.45. The first-order valence-electron chi connectivity index (χ1n) is 11.4. The highest BCUT2D eigenvalue weighted by Gasteiger charge is 2.24. The van der Waals surface area contributed by atoms with Crippen molar-refractivity contribution >= 4 is 21.9 Å². The summed E-state index contributed by atoms with van der Waals surface area (Å²) in [6.07, 6.45) is 3.53. The van der Waals surface area contributed by atoms with Gasteiger partial charge < -0.3 is 9.64 Å². The van der Waals surface area contributed by atoms with Crippen molar-refractivity contribution in [2.45, 2.75) is 50.5 Å². The summed E-state index contributed by atoms with van der Waals surface area (Å²) in [7, 11) is -3.64. The zero-order valence-corrected chi connectivity index (χ0v) is 20.0. The third-order valence-electron chi connectivity index (χ3n) is 6.03. The molecule has 1 unspecified atom stereocenters. The number of benzene rings is 2. The van der Waals surface area contributed by atoms with Crippen LogP contribution in [0.1, 0.15) is 49.0 Å². The fraction of sp³-hybridized carbons (Fsp3) is 0.440. The molecule has 0 bridgehead atoms. The number of piperidine rings is 1. The summed E-state index contributed by atoms with van der Waals surface area (Å²) in [4.78, 5) is 26.6. The van der Waals surface area contributed by atoms with Gasteiger partial charge in [0.25, 0.3) is 5.91 Å². The quantitative estimate of drug-likeness (QED) is 0.565. The van der Waals surface area contributed by atoms with Crippen molar-refractivity contribution in [3.63, 3.8) is 0 Å². The molecule has 1 aliphatic heterocycles. The standard InChI is InChI=1S/C25H32N2O5S/c1-3-19(2)26-33(30,31)23-11-9-22(10-12-23)25(29)32-18-24(28)27-15-13-21(14-16-27)17-20-7-5-4-6-8-20/h4-12,19,21,26H,3,13-18H2,1-2H3. The van der Waals surface area contributed by atoms with Crippen LogP contribution in [-0.2, 0) is 26.0 Å². The molecule has 178 valence electrons. The molecule has 1 aliphatic rings. The summed E-state index contributed by atoms with van der Waals surface area (Å²) >= 11 is 0. The Hall–Kier alpha value is -2.71. The lowest BCUT2D eigenvalue weighted by atomic mass is 9.90. The monoisotopic (exact) mass is 472 g/mol. The maximum Gasteiger partial charge on any atom is 0.338 e. The molecule has 8 heteroatoms. The van der Waals surface area contributed by atoms with E-state index in [0.717, 1.165) is 19.3 Å². The average molecular weight is 473 g/mol. The molecule has 1 heterocycles. The number of amides is 1. The van der Waals surface area contributed by atoms with Gasteiger partial charge in [-0.25, -0.2) is 17.9 Å². The van der Waals surface area contributed by atoms with E-state index < -0.39 is 16.0 Å². The van der Waals surface area contributed by atoms with Crippen molar-refractivity contribution in [1.82, 2.24) is 9.62 Å². The van der Waals surface area contributed by atoms with Gasteiger partial charge in [0, 0.05) is 19.1 Å². The van der Waals surface area contributed by atoms with Crippen molar-refractivity contribution in [3.8, 4) is 0 Å². The van der Waals surface area contributed by atoms with Crippen molar-refractivity contribution in [3.05, 3.63) is 65.7 Å². The minimum atomic E-state index is -3.64. The SMILES string of the molecule is CCC(C)NS(=O)(=O)c1ccc(C(=O)OCC(=O)N2CCC(Cc3ccccc3)CC2)cc1. The van der Waals surface area contributed by atoms with Crippen LogP contribution in [0.25, 0.3) is 0 Å². The first-order valence-corrected chi connectivity index (χ1v) is 12.9. The Kier molecular flexibility index (Phi) is 8.63. The number of likely N-dealkylation sites (tertiary alicyclic amines) is 1. The second-order valence-electron chi connectivity index (χ2n) is 8.54. The highest BCUT2D eigenvalue weighted by Crippen LogP contribution is 2.22. The van der Waals surface area contributed by atoms with Crippen LogP contribution < -0.4 is 4.72 Å². The van der Waals surface area contributed by atoms with Gasteiger partial charge in [0.1, 0.15) is 0 Å². The van der Waals surface area contributed by atoms with Crippen LogP contribution in [0, 0.1) is 5.92 Å². The molecule has 3 rings (SSSR count). The second kappa shape index (κ2) is 11.4. The lowest BCUT2D eigenvalue weighted by Gasteiger charge is -2.32. The Morgan fingerprint density at radius 1 is 1.06 bits per heavy atom. The van der Waals surface area contributed by atoms with Gasteiger partial charge in [0.2, 0.25) is 10.0 Å². The number of carbonyl (C=O) groups excluding carboxylic acids is 2. The summed E-state index contributed by atoms with van der Waals surface area (Å²) < 4.78 is 32.4. The van der Waals surface area contributed by atoms with E-state index >= 15 is 0 Å². The molecule has 1 fully saturated rings. The molecule has 1 N–H and O–H groups in total. The van der Waals surface area contributed by atoms with Crippen LogP contribution in [0.5, 0.6) is 0 Å². The average Bonchev–Trinajstić information content (AvgIpc) is 2.83. The van der Waals surface area contributed by atoms with Crippen LogP contribution in [0.3, 0.4) is 0 Å². The molecular formula is C25H32N2O5S. The van der Waals surface area contributed by atoms with Crippen molar-refractivity contribution in [2.24, 2.45) is 5.92 Å². The smallest absolute Gasteiger partial charge is 0.338 e. The van der Waals surface area contributed by atoms with Crippen LogP contribution in [-0.4, -0.2) is 50.9 Å². The Labute approximate surface area is 196 Å². The maximum absolute atomic E-state index is 12.5. The second-order valence-corrected chi connectivity index (χ2v) is 10.3. The number of nitrogens with one attached hydrogen (secondary N) is 1. The summed E-state index contributed by atoms with van der Waals surface area (Å²) in [5.41, 5.74) is 1.51. The summed E-state index contributed by atoms with van der Waals surface area (Å²) in [5, 5.41) is 0. The lowest BCUT2D eigenvalue weighted by molar-refractivity contribution is -0.135. The number of rotatable bonds is 9. The van der Waals surface area contributed by atoms with E-state index in [1.54, 1.807) is 11.8 Å². The van der Waals surface area contributed by atoms with Gasteiger partial charge in [-0.1, -0.05) is 37.3 Å². The van der Waals surface area contributed by atoms with Gasteiger partial charge >= 0.3 is 5.97 Å². The largest absolute Gasteiger partial charge is 0.452 e. The molecule has 0 aliphatic carbocycles. The number of sulfonamides is 1. The van der Waals surface area contributed by atoms with Gasteiger partial charge in [-0.15, -0.1) is 0 Å². The maximum atomic E-state index is 12.5. The van der Waals surface area contributed by atoms with Crippen LogP contribution in [0.2, 0.25) is 0 Å². The molecule has 0 aromatic heterocycles. The summed E-state index contributed by atoms with van der Waals surface area (Å²) in [6, 6.07) is 15.7. The van der Waals surface area contributed by atoms with E-state index in [9.17, 15) is 18.0 Å². The molecule has 7 nitrogen and oxygen atoms in total. The van der Waals surface area contributed by atoms with Crippen molar-refractivity contribution in [1.29, 1.82) is 0 Å². The topological polar surface area (TPSA) is 92.8 Å². The molecule has 1 saturated heterocycles. The normalized spacial score (nSPS) is 15.8. The Bertz CT molecular complexity index is 1030. The number of hydrogen-bond donors (Lipinski definition) is 1. The first kappa shape index (κ1) is 24.9. The fourth-order valence-electron chi connectivity index (χ4n) is 3.82. The van der Waals surface area contributed by atoms with E-state index in [1.165, 1.54) is 29.8 Å². The highest BCUT2D eigenvalue weighted by molar-refractivity contribution is 7.89. The van der Waals surface area contributed by atoms with E-state index in [-0.39, 0.29) is 29.0 Å². The highest BCUT2D eigenvalue weighted by atomic mass is 32.2. The number of esters is 1. The van der Waals surface area contributed by atoms with Crippen molar-refractivity contribution in [2.75, 3.05) is 19.7 Å². The fourth-order valence-corrected chi connectivity index (χ4v) is 5.15. The molecule has 2 aromatic carbocycles. The molecule has 1 amide bonds. The van der Waals surface area contributed by atoms with Crippen LogP contribution in [0.4, 0.5) is 0 Å². The molecular weight excluding hydrogens is 440 g/mol. The summed E-state index contributed by atoms with van der Waals surface area (Å²) in [6.45, 7) is 4.66.